The molecule has 0 aliphatic heterocycles. The minimum atomic E-state index is 0. The summed E-state index contributed by atoms with van der Waals surface area (Å²) >= 11 is 19.4. The van der Waals surface area contributed by atoms with Gasteiger partial charge in [0.05, 0.1) is 14.1 Å². The van der Waals surface area contributed by atoms with Crippen molar-refractivity contribution in [2.24, 2.45) is 5.73 Å². The van der Waals surface area contributed by atoms with Crippen molar-refractivity contribution in [1.82, 2.24) is 0 Å². The fraction of sp³-hybridized carbons (Fsp3) is 0.300. The van der Waals surface area contributed by atoms with Crippen molar-refractivity contribution in [1.29, 1.82) is 0 Å². The normalized spacial score (nSPS) is 10.1. The Labute approximate surface area is 169 Å². The van der Waals surface area contributed by atoms with Gasteiger partial charge in [-0.1, -0.05) is 0 Å². The zero-order chi connectivity index (χ0) is 14.0. The molecule has 0 spiro atoms. The number of hydrogen-bond donors (Lipinski definition) is 1. The molecule has 1 aromatic rings. The molecule has 0 saturated carbocycles. The maximum absolute atomic E-state index is 5.91. The minimum absolute atomic E-state index is 0. The van der Waals surface area contributed by atoms with E-state index in [9.17, 15) is 0 Å². The van der Waals surface area contributed by atoms with Gasteiger partial charge in [-0.15, -0.1) is 0 Å². The van der Waals surface area contributed by atoms with E-state index >= 15 is 0 Å². The molecule has 2 N–H and O–H groups in total. The summed E-state index contributed by atoms with van der Waals surface area (Å²) in [4.78, 5) is 0. The van der Waals surface area contributed by atoms with Gasteiger partial charge in [0.2, 0.25) is 0 Å². The molecule has 108 valence electrons. The smallest absolute Gasteiger partial charge is 0.303 e. The van der Waals surface area contributed by atoms with Crippen molar-refractivity contribution in [3.05, 3.63) is 27.9 Å². The fourth-order valence-electron chi connectivity index (χ4n) is 1.05. The van der Waals surface area contributed by atoms with Gasteiger partial charge in [0, 0.05) is 28.1 Å². The van der Waals surface area contributed by atoms with Gasteiger partial charge in [0.1, 0.15) is 0 Å². The first-order valence-corrected chi connectivity index (χ1v) is 9.65. The lowest BCUT2D eigenvalue weighted by Gasteiger charge is -2.12. The summed E-state index contributed by atoms with van der Waals surface area (Å²) in [5, 5.41) is 0.781. The predicted molar refractivity (Wildman–Crippen MR) is 97.5 cm³/mol. The fourth-order valence-corrected chi connectivity index (χ4v) is 5.67. The van der Waals surface area contributed by atoms with Gasteiger partial charge < -0.3 is 17.0 Å². The van der Waals surface area contributed by atoms with E-state index in [1.807, 2.05) is 18.7 Å². The van der Waals surface area contributed by atoms with Gasteiger partial charge in [-0.3, -0.25) is 10.3 Å². The zero-order valence-electron chi connectivity index (χ0n) is 9.91. The molecular weight excluding hydrogens is 660 g/mol. The SMILES string of the molecule is C[N+](C)=C(N)SCc1c(Br)c(Br)c(Br)c(Br)c1Br.[Br-]. The Morgan fingerprint density at radius 1 is 0.947 bits per heavy atom. The number of amidine groups is 1. The second kappa shape index (κ2) is 9.15. The molecule has 0 radical (unpaired) electrons. The van der Waals surface area contributed by atoms with E-state index in [1.54, 1.807) is 11.8 Å². The lowest BCUT2D eigenvalue weighted by molar-refractivity contribution is -0.462. The van der Waals surface area contributed by atoms with Crippen LogP contribution in [0.15, 0.2) is 22.4 Å². The standard InChI is InChI=1S/C10H9Br5N2S.BrH/c1-17(2)10(16)18-3-4-5(11)7(13)9(15)8(14)6(4)12;/h16H,3H2,1-2H3;1H. The molecule has 0 unspecified atom stereocenters. The van der Waals surface area contributed by atoms with Gasteiger partial charge in [-0.25, -0.2) is 0 Å². The molecular formula is C10H10Br6N2S. The van der Waals surface area contributed by atoms with Crippen LogP contribution in [0, 0.1) is 0 Å². The first-order valence-electron chi connectivity index (χ1n) is 4.70. The van der Waals surface area contributed by atoms with E-state index in [1.165, 1.54) is 0 Å². The molecule has 1 aromatic carbocycles. The summed E-state index contributed by atoms with van der Waals surface area (Å²) in [6, 6.07) is 0. The van der Waals surface area contributed by atoms with Crippen molar-refractivity contribution in [2.75, 3.05) is 14.1 Å². The van der Waals surface area contributed by atoms with Crippen molar-refractivity contribution in [3.63, 3.8) is 0 Å². The monoisotopic (exact) mass is 664 g/mol. The molecule has 0 amide bonds. The number of hydrogen-bond acceptors (Lipinski definition) is 1. The molecule has 19 heavy (non-hydrogen) atoms. The van der Waals surface area contributed by atoms with E-state index < -0.39 is 0 Å². The van der Waals surface area contributed by atoms with Gasteiger partial charge in [0.25, 0.3) is 0 Å². The molecule has 0 saturated heterocycles. The summed E-state index contributed by atoms with van der Waals surface area (Å²) in [7, 11) is 3.86. The first-order chi connectivity index (χ1) is 8.27. The van der Waals surface area contributed by atoms with Gasteiger partial charge in [-0.05, 0) is 97.0 Å². The largest absolute Gasteiger partial charge is 1.00 e. The van der Waals surface area contributed by atoms with Crippen LogP contribution in [0.3, 0.4) is 0 Å². The van der Waals surface area contributed by atoms with Crippen LogP contribution in [0.2, 0.25) is 0 Å². The number of thioether (sulfide) groups is 1. The average Bonchev–Trinajstić information content (AvgIpc) is 2.33. The summed E-state index contributed by atoms with van der Waals surface area (Å²) in [6.07, 6.45) is 0. The van der Waals surface area contributed by atoms with Crippen molar-refractivity contribution in [2.45, 2.75) is 5.75 Å². The van der Waals surface area contributed by atoms with Gasteiger partial charge >= 0.3 is 5.17 Å². The third-order valence-electron chi connectivity index (χ3n) is 2.11. The molecule has 0 bridgehead atoms. The highest BCUT2D eigenvalue weighted by Crippen LogP contribution is 2.45. The van der Waals surface area contributed by atoms with E-state index in [2.05, 4.69) is 79.6 Å². The van der Waals surface area contributed by atoms with Gasteiger partial charge in [-0.2, -0.15) is 0 Å². The quantitative estimate of drug-likeness (QED) is 0.172. The second-order valence-corrected chi connectivity index (χ2v) is 8.53. The maximum atomic E-state index is 5.91. The summed E-state index contributed by atoms with van der Waals surface area (Å²) in [5.41, 5.74) is 7.06. The molecule has 0 heterocycles. The highest BCUT2D eigenvalue weighted by Gasteiger charge is 2.18. The van der Waals surface area contributed by atoms with E-state index in [0.29, 0.717) is 0 Å². The average molecular weight is 670 g/mol. The van der Waals surface area contributed by atoms with E-state index in [-0.39, 0.29) is 17.0 Å². The summed E-state index contributed by atoms with van der Waals surface area (Å²) in [6.45, 7) is 0. The number of rotatable bonds is 2. The van der Waals surface area contributed by atoms with Crippen LogP contribution in [0.1, 0.15) is 5.56 Å². The zero-order valence-corrected chi connectivity index (χ0v) is 20.2. The summed E-state index contributed by atoms with van der Waals surface area (Å²) < 4.78 is 6.87. The number of nitrogens with zero attached hydrogens (tertiary/aromatic N) is 1. The lowest BCUT2D eigenvalue weighted by Crippen LogP contribution is -3.00. The topological polar surface area (TPSA) is 29.0 Å². The third kappa shape index (κ3) is 5.25. The second-order valence-electron chi connectivity index (χ2n) is 3.57. The first kappa shape index (κ1) is 20.9. The summed E-state index contributed by atoms with van der Waals surface area (Å²) in [5.74, 6) is 0.773. The minimum Gasteiger partial charge on any atom is -1.00 e. The Bertz CT molecular complexity index is 484. The van der Waals surface area contributed by atoms with Gasteiger partial charge in [0.15, 0.2) is 0 Å². The van der Waals surface area contributed by atoms with Crippen LogP contribution in [0.5, 0.6) is 0 Å². The van der Waals surface area contributed by atoms with Crippen LogP contribution in [0.4, 0.5) is 0 Å². The lowest BCUT2D eigenvalue weighted by atomic mass is 10.2. The third-order valence-corrected chi connectivity index (χ3v) is 9.46. The number of halogens is 6. The molecule has 0 atom stereocenters. The Balaban J connectivity index is 0.00000324. The highest BCUT2D eigenvalue weighted by atomic mass is 79.9. The van der Waals surface area contributed by atoms with E-state index in [4.69, 9.17) is 5.73 Å². The Morgan fingerprint density at radius 3 is 1.68 bits per heavy atom. The van der Waals surface area contributed by atoms with Crippen LogP contribution in [-0.4, -0.2) is 23.8 Å². The Hall–Kier alpha value is 1.92. The Morgan fingerprint density at radius 2 is 1.32 bits per heavy atom. The molecule has 1 rings (SSSR count). The van der Waals surface area contributed by atoms with Crippen molar-refractivity contribution in [3.8, 4) is 0 Å². The molecule has 0 aromatic heterocycles. The number of benzene rings is 1. The Kier molecular flexibility index (Phi) is 10.1. The predicted octanol–water partition coefficient (Wildman–Crippen LogP) is 2.32. The molecule has 2 nitrogen and oxygen atoms in total. The van der Waals surface area contributed by atoms with Crippen LogP contribution < -0.4 is 22.7 Å². The van der Waals surface area contributed by atoms with Crippen LogP contribution in [-0.2, 0) is 5.75 Å². The van der Waals surface area contributed by atoms with Crippen molar-refractivity contribution >= 4 is 96.6 Å². The van der Waals surface area contributed by atoms with Crippen LogP contribution in [0.25, 0.3) is 0 Å². The number of nitrogens with two attached hydrogens (primary N) is 1. The highest BCUT2D eigenvalue weighted by molar-refractivity contribution is 9.15. The molecule has 0 fully saturated rings. The molecule has 9 heteroatoms. The molecule has 0 aliphatic rings. The van der Waals surface area contributed by atoms with Crippen LogP contribution >= 0.6 is 91.4 Å². The molecule has 0 aliphatic carbocycles. The maximum Gasteiger partial charge on any atom is 0.303 e. The van der Waals surface area contributed by atoms with E-state index in [0.717, 1.165) is 38.8 Å². The van der Waals surface area contributed by atoms with Crippen molar-refractivity contribution < 1.29 is 21.6 Å².